The molecule has 1 aliphatic heterocycles. The Balaban J connectivity index is 1.36. The van der Waals surface area contributed by atoms with Gasteiger partial charge in [0.15, 0.2) is 0 Å². The fraction of sp³-hybridized carbons (Fsp3) is 0.350. The Morgan fingerprint density at radius 2 is 1.65 bits per heavy atom. The number of benzene rings is 1. The van der Waals surface area contributed by atoms with Gasteiger partial charge in [0.1, 0.15) is 5.75 Å². The molecule has 1 aromatic carbocycles. The summed E-state index contributed by atoms with van der Waals surface area (Å²) in [5.74, 6) is 0.134. The van der Waals surface area contributed by atoms with Crippen LogP contribution in [0, 0.1) is 23.7 Å². The lowest BCUT2D eigenvalue weighted by Crippen LogP contribution is -2.32. The second kappa shape index (κ2) is 5.56. The molecular formula is C20H17NO5. The van der Waals surface area contributed by atoms with Crippen LogP contribution < -0.4 is 9.64 Å². The van der Waals surface area contributed by atoms with E-state index in [1.54, 1.807) is 30.3 Å². The number of rotatable bonds is 3. The quantitative estimate of drug-likeness (QED) is 0.483. The lowest BCUT2D eigenvalue weighted by atomic mass is 9.81. The molecule has 0 unspecified atom stereocenters. The smallest absolute Gasteiger partial charge is 0.379 e. The molecule has 26 heavy (non-hydrogen) atoms. The molecule has 3 fully saturated rings. The van der Waals surface area contributed by atoms with Crippen LogP contribution in [-0.4, -0.2) is 17.8 Å². The number of imide groups is 1. The maximum Gasteiger partial charge on any atom is 0.379 e. The molecule has 1 saturated heterocycles. The highest BCUT2D eigenvalue weighted by Gasteiger charge is 2.61. The molecule has 2 bridgehead atoms. The molecule has 0 N–H and O–H groups in total. The van der Waals surface area contributed by atoms with Gasteiger partial charge < -0.3 is 9.15 Å². The Kier molecular flexibility index (Phi) is 3.29. The van der Waals surface area contributed by atoms with Crippen LogP contribution in [0.4, 0.5) is 5.69 Å². The highest BCUT2D eigenvalue weighted by atomic mass is 16.5. The van der Waals surface area contributed by atoms with Crippen LogP contribution in [0.1, 0.15) is 29.8 Å². The minimum atomic E-state index is -0.595. The number of furan rings is 1. The van der Waals surface area contributed by atoms with Gasteiger partial charge in [0, 0.05) is 0 Å². The average molecular weight is 351 g/mol. The van der Waals surface area contributed by atoms with Gasteiger partial charge in [-0.25, -0.2) is 4.79 Å². The number of fused-ring (bicyclic) bond motifs is 5. The molecule has 6 heteroatoms. The summed E-state index contributed by atoms with van der Waals surface area (Å²) in [5, 5.41) is 0. The summed E-state index contributed by atoms with van der Waals surface area (Å²) in [4.78, 5) is 38.8. The van der Waals surface area contributed by atoms with Crippen LogP contribution in [0.2, 0.25) is 0 Å². The predicted molar refractivity (Wildman–Crippen MR) is 90.4 cm³/mol. The van der Waals surface area contributed by atoms with E-state index >= 15 is 0 Å². The van der Waals surface area contributed by atoms with Crippen molar-refractivity contribution in [1.29, 1.82) is 0 Å². The summed E-state index contributed by atoms with van der Waals surface area (Å²) in [6.45, 7) is 0. The van der Waals surface area contributed by atoms with E-state index < -0.39 is 5.97 Å². The first-order chi connectivity index (χ1) is 12.6. The number of esters is 1. The number of nitrogens with zero attached hydrogens (tertiary/aromatic N) is 1. The Morgan fingerprint density at radius 1 is 1.00 bits per heavy atom. The van der Waals surface area contributed by atoms with E-state index in [1.807, 2.05) is 0 Å². The zero-order valence-electron chi connectivity index (χ0n) is 14.0. The average Bonchev–Trinajstić information content (AvgIpc) is 3.41. The minimum absolute atomic E-state index is 0.0764. The SMILES string of the molecule is O=C(Oc1ccc(N2C(=O)[C@H]3[C@@H]4CC[C@@H](C4)[C@@H]3C2=O)cc1)c1ccco1. The van der Waals surface area contributed by atoms with Gasteiger partial charge in [0.05, 0.1) is 23.8 Å². The third-order valence-electron chi connectivity index (χ3n) is 5.96. The summed E-state index contributed by atoms with van der Waals surface area (Å²) in [6, 6.07) is 9.57. The molecule has 1 aromatic heterocycles. The van der Waals surface area contributed by atoms with Gasteiger partial charge in [0.2, 0.25) is 17.6 Å². The second-order valence-corrected chi connectivity index (χ2v) is 7.26. The summed E-state index contributed by atoms with van der Waals surface area (Å²) >= 11 is 0. The van der Waals surface area contributed by atoms with Crippen LogP contribution in [0.5, 0.6) is 5.75 Å². The molecule has 6 nitrogen and oxygen atoms in total. The molecule has 0 radical (unpaired) electrons. The standard InChI is InChI=1S/C20H17NO5/c22-18-16-11-3-4-12(10-11)17(16)19(23)21(18)13-5-7-14(8-6-13)26-20(24)15-2-1-9-25-15/h1-2,5-9,11-12,16-17H,3-4,10H2/t11-,12+,16-,17-/m0/s1. The van der Waals surface area contributed by atoms with Gasteiger partial charge in [-0.2, -0.15) is 0 Å². The van der Waals surface area contributed by atoms with E-state index in [0.717, 1.165) is 19.3 Å². The first kappa shape index (κ1) is 15.4. The van der Waals surface area contributed by atoms with Crippen LogP contribution >= 0.6 is 0 Å². The second-order valence-electron chi connectivity index (χ2n) is 7.26. The molecule has 5 rings (SSSR count). The van der Waals surface area contributed by atoms with Crippen LogP contribution in [0.3, 0.4) is 0 Å². The highest BCUT2D eigenvalue weighted by Crippen LogP contribution is 2.56. The van der Waals surface area contributed by atoms with Gasteiger partial charge in [0.25, 0.3) is 0 Å². The van der Waals surface area contributed by atoms with Crippen LogP contribution in [0.25, 0.3) is 0 Å². The van der Waals surface area contributed by atoms with E-state index in [1.165, 1.54) is 17.2 Å². The number of carbonyl (C=O) groups excluding carboxylic acids is 3. The Morgan fingerprint density at radius 3 is 2.23 bits per heavy atom. The van der Waals surface area contributed by atoms with Crippen molar-refractivity contribution in [2.75, 3.05) is 4.90 Å². The van der Waals surface area contributed by atoms with E-state index in [0.29, 0.717) is 23.3 Å². The molecule has 2 amide bonds. The minimum Gasteiger partial charge on any atom is -0.457 e. The van der Waals surface area contributed by atoms with Gasteiger partial charge in [-0.3, -0.25) is 14.5 Å². The fourth-order valence-corrected chi connectivity index (χ4v) is 4.88. The number of anilines is 1. The van der Waals surface area contributed by atoms with E-state index in [9.17, 15) is 14.4 Å². The monoisotopic (exact) mass is 351 g/mol. The maximum atomic E-state index is 12.8. The third-order valence-corrected chi connectivity index (χ3v) is 5.96. The summed E-state index contributed by atoms with van der Waals surface area (Å²) in [5.41, 5.74) is 0.534. The molecule has 2 saturated carbocycles. The topological polar surface area (TPSA) is 76.8 Å². The van der Waals surface area contributed by atoms with E-state index in [2.05, 4.69) is 0 Å². The lowest BCUT2D eigenvalue weighted by Gasteiger charge is -2.19. The van der Waals surface area contributed by atoms with Crippen molar-refractivity contribution in [2.45, 2.75) is 19.3 Å². The first-order valence-corrected chi connectivity index (χ1v) is 8.87. The highest BCUT2D eigenvalue weighted by molar-refractivity contribution is 6.22. The van der Waals surface area contributed by atoms with Gasteiger partial charge in [-0.1, -0.05) is 0 Å². The number of hydrogen-bond acceptors (Lipinski definition) is 5. The molecule has 4 atom stereocenters. The maximum absolute atomic E-state index is 12.8. The van der Waals surface area contributed by atoms with Crippen molar-refractivity contribution in [3.63, 3.8) is 0 Å². The van der Waals surface area contributed by atoms with E-state index in [4.69, 9.17) is 9.15 Å². The zero-order chi connectivity index (χ0) is 17.8. The fourth-order valence-electron chi connectivity index (χ4n) is 4.88. The van der Waals surface area contributed by atoms with Crippen LogP contribution in [0.15, 0.2) is 47.1 Å². The van der Waals surface area contributed by atoms with Gasteiger partial charge in [-0.05, 0) is 67.5 Å². The molecule has 2 aromatic rings. The van der Waals surface area contributed by atoms with Crippen molar-refractivity contribution in [2.24, 2.45) is 23.7 Å². The van der Waals surface area contributed by atoms with Gasteiger partial charge >= 0.3 is 5.97 Å². The van der Waals surface area contributed by atoms with Crippen molar-refractivity contribution >= 4 is 23.5 Å². The first-order valence-electron chi connectivity index (χ1n) is 8.87. The zero-order valence-corrected chi connectivity index (χ0v) is 14.0. The lowest BCUT2D eigenvalue weighted by molar-refractivity contribution is -0.123. The van der Waals surface area contributed by atoms with Crippen molar-refractivity contribution in [3.05, 3.63) is 48.4 Å². The summed E-state index contributed by atoms with van der Waals surface area (Å²) in [7, 11) is 0. The molecule has 2 heterocycles. The molecular weight excluding hydrogens is 334 g/mol. The van der Waals surface area contributed by atoms with E-state index in [-0.39, 0.29) is 29.4 Å². The van der Waals surface area contributed by atoms with Gasteiger partial charge in [-0.15, -0.1) is 0 Å². The third kappa shape index (κ3) is 2.14. The van der Waals surface area contributed by atoms with Crippen LogP contribution in [-0.2, 0) is 9.59 Å². The predicted octanol–water partition coefficient (Wildman–Crippen LogP) is 3.03. The van der Waals surface area contributed by atoms with Crippen molar-refractivity contribution < 1.29 is 23.5 Å². The molecule has 3 aliphatic rings. The normalized spacial score (nSPS) is 29.3. The Hall–Kier alpha value is -2.89. The van der Waals surface area contributed by atoms with Crippen molar-refractivity contribution in [3.8, 4) is 5.75 Å². The molecule has 0 spiro atoms. The number of ether oxygens (including phenoxy) is 1. The molecule has 132 valence electrons. The Labute approximate surface area is 149 Å². The summed E-state index contributed by atoms with van der Waals surface area (Å²) in [6.07, 6.45) is 4.53. The number of carbonyl (C=O) groups is 3. The largest absolute Gasteiger partial charge is 0.457 e. The molecule has 2 aliphatic carbocycles. The summed E-state index contributed by atoms with van der Waals surface area (Å²) < 4.78 is 10.2. The number of hydrogen-bond donors (Lipinski definition) is 0. The van der Waals surface area contributed by atoms with Crippen molar-refractivity contribution in [1.82, 2.24) is 0 Å². The Bertz CT molecular complexity index is 857. The number of amides is 2.